The first-order valence-corrected chi connectivity index (χ1v) is 4.49. The minimum Gasteiger partial charge on any atom is -0.480 e. The third-order valence-corrected chi connectivity index (χ3v) is 1.53. The summed E-state index contributed by atoms with van der Waals surface area (Å²) in [6.45, 7) is 7.35. The normalized spacial score (nSPS) is 13.4. The van der Waals surface area contributed by atoms with Crippen molar-refractivity contribution in [2.24, 2.45) is 0 Å². The molecule has 0 saturated heterocycles. The van der Waals surface area contributed by atoms with Crippen LogP contribution in [0.15, 0.2) is 0 Å². The summed E-state index contributed by atoms with van der Waals surface area (Å²) in [5, 5.41) is 13.8. The summed E-state index contributed by atoms with van der Waals surface area (Å²) in [7, 11) is 0. The van der Waals surface area contributed by atoms with Crippen LogP contribution in [0.3, 0.4) is 0 Å². The molecule has 0 heterocycles. The molecule has 0 saturated carbocycles. The van der Waals surface area contributed by atoms with Gasteiger partial charge in [0.15, 0.2) is 0 Å². The molecule has 0 aliphatic carbocycles. The second kappa shape index (κ2) is 4.95. The summed E-state index contributed by atoms with van der Waals surface area (Å²) in [4.78, 5) is 21.6. The highest BCUT2D eigenvalue weighted by molar-refractivity contribution is 5.84. The molecule has 82 valence electrons. The Kier molecular flexibility index (Phi) is 4.56. The number of hydrogen-bond acceptors (Lipinski definition) is 3. The molecular weight excluding hydrogens is 184 g/mol. The van der Waals surface area contributed by atoms with E-state index in [4.69, 9.17) is 5.11 Å². The Hall–Kier alpha value is -1.10. The first-order valence-electron chi connectivity index (χ1n) is 4.49. The summed E-state index contributed by atoms with van der Waals surface area (Å²) in [6.07, 6.45) is 0. The summed E-state index contributed by atoms with van der Waals surface area (Å²) in [6, 6.07) is -0.843. The van der Waals surface area contributed by atoms with E-state index in [2.05, 4.69) is 10.6 Å². The maximum Gasteiger partial charge on any atom is 0.325 e. The Morgan fingerprint density at radius 3 is 2.21 bits per heavy atom. The molecule has 0 aromatic heterocycles. The van der Waals surface area contributed by atoms with Crippen molar-refractivity contribution in [1.29, 1.82) is 0 Å². The highest BCUT2D eigenvalue weighted by Gasteiger charge is 2.15. The Labute approximate surface area is 83.9 Å². The first-order chi connectivity index (χ1) is 6.22. The van der Waals surface area contributed by atoms with Gasteiger partial charge in [-0.15, -0.1) is 0 Å². The average Bonchev–Trinajstić information content (AvgIpc) is 1.99. The molecule has 0 aromatic carbocycles. The number of amides is 1. The molecule has 0 fully saturated rings. The SMILES string of the molecule is CC(NC(=O)CNC(C)(C)C)C(=O)O. The second-order valence-electron chi connectivity index (χ2n) is 4.23. The topological polar surface area (TPSA) is 78.4 Å². The van der Waals surface area contributed by atoms with Crippen LogP contribution in [0.4, 0.5) is 0 Å². The van der Waals surface area contributed by atoms with Crippen LogP contribution in [0, 0.1) is 0 Å². The van der Waals surface area contributed by atoms with Crippen LogP contribution in [0.25, 0.3) is 0 Å². The molecule has 0 aliphatic heterocycles. The highest BCUT2D eigenvalue weighted by atomic mass is 16.4. The summed E-state index contributed by atoms with van der Waals surface area (Å²) in [5.41, 5.74) is -0.149. The fourth-order valence-electron chi connectivity index (χ4n) is 0.700. The molecule has 1 atom stereocenters. The predicted molar refractivity (Wildman–Crippen MR) is 53.0 cm³/mol. The van der Waals surface area contributed by atoms with Gasteiger partial charge in [-0.25, -0.2) is 0 Å². The summed E-state index contributed by atoms with van der Waals surface area (Å²) < 4.78 is 0. The molecule has 0 rings (SSSR count). The van der Waals surface area contributed by atoms with E-state index in [1.807, 2.05) is 20.8 Å². The lowest BCUT2D eigenvalue weighted by atomic mass is 10.1. The van der Waals surface area contributed by atoms with Crippen LogP contribution in [-0.2, 0) is 9.59 Å². The number of carboxylic acid groups (broad SMARTS) is 1. The molecule has 3 N–H and O–H groups in total. The van der Waals surface area contributed by atoms with Crippen LogP contribution in [0.1, 0.15) is 27.7 Å². The Morgan fingerprint density at radius 1 is 1.36 bits per heavy atom. The van der Waals surface area contributed by atoms with Crippen LogP contribution < -0.4 is 10.6 Å². The lowest BCUT2D eigenvalue weighted by Gasteiger charge is -2.20. The van der Waals surface area contributed by atoms with Crippen LogP contribution in [-0.4, -0.2) is 35.1 Å². The fraction of sp³-hybridized carbons (Fsp3) is 0.778. The zero-order valence-electron chi connectivity index (χ0n) is 9.05. The molecule has 0 radical (unpaired) electrons. The Balaban J connectivity index is 3.83. The standard InChI is InChI=1S/C9H18N2O3/c1-6(8(13)14)11-7(12)5-10-9(2,3)4/h6,10H,5H2,1-4H3,(H,11,12)(H,13,14). The van der Waals surface area contributed by atoms with Crippen LogP contribution in [0.2, 0.25) is 0 Å². The van der Waals surface area contributed by atoms with Crippen molar-refractivity contribution in [1.82, 2.24) is 10.6 Å². The highest BCUT2D eigenvalue weighted by Crippen LogP contribution is 1.96. The van der Waals surface area contributed by atoms with E-state index in [0.29, 0.717) is 0 Å². The monoisotopic (exact) mass is 202 g/mol. The molecule has 1 amide bonds. The van der Waals surface area contributed by atoms with Crippen molar-refractivity contribution in [2.45, 2.75) is 39.3 Å². The second-order valence-corrected chi connectivity index (χ2v) is 4.23. The van der Waals surface area contributed by atoms with Gasteiger partial charge in [0, 0.05) is 5.54 Å². The molecule has 5 heteroatoms. The number of carbonyl (C=O) groups excluding carboxylic acids is 1. The molecule has 5 nitrogen and oxygen atoms in total. The van der Waals surface area contributed by atoms with Gasteiger partial charge in [0.1, 0.15) is 6.04 Å². The van der Waals surface area contributed by atoms with E-state index >= 15 is 0 Å². The van der Waals surface area contributed by atoms with E-state index in [9.17, 15) is 9.59 Å². The van der Waals surface area contributed by atoms with Gasteiger partial charge in [0.2, 0.25) is 5.91 Å². The first kappa shape index (κ1) is 12.9. The van der Waals surface area contributed by atoms with E-state index < -0.39 is 12.0 Å². The van der Waals surface area contributed by atoms with Gasteiger partial charge in [-0.2, -0.15) is 0 Å². The van der Waals surface area contributed by atoms with Gasteiger partial charge in [-0.1, -0.05) is 0 Å². The molecule has 0 aromatic rings. The molecule has 0 aliphatic rings. The quantitative estimate of drug-likeness (QED) is 0.598. The third-order valence-electron chi connectivity index (χ3n) is 1.53. The number of aliphatic carboxylic acids is 1. The van der Waals surface area contributed by atoms with E-state index in [1.54, 1.807) is 0 Å². The number of nitrogens with one attached hydrogen (secondary N) is 2. The van der Waals surface area contributed by atoms with Crippen molar-refractivity contribution in [2.75, 3.05) is 6.54 Å². The van der Waals surface area contributed by atoms with E-state index in [1.165, 1.54) is 6.92 Å². The molecule has 1 unspecified atom stereocenters. The zero-order valence-corrected chi connectivity index (χ0v) is 9.05. The van der Waals surface area contributed by atoms with Crippen LogP contribution in [0.5, 0.6) is 0 Å². The van der Waals surface area contributed by atoms with Crippen LogP contribution >= 0.6 is 0 Å². The minimum absolute atomic E-state index is 0.126. The predicted octanol–water partition coefficient (Wildman–Crippen LogP) is -0.0362. The van der Waals surface area contributed by atoms with E-state index in [0.717, 1.165) is 0 Å². The summed E-state index contributed by atoms with van der Waals surface area (Å²) >= 11 is 0. The number of carboxylic acids is 1. The number of carbonyl (C=O) groups is 2. The maximum absolute atomic E-state index is 11.2. The molecular formula is C9H18N2O3. The lowest BCUT2D eigenvalue weighted by Crippen LogP contribution is -2.47. The number of rotatable bonds is 4. The van der Waals surface area contributed by atoms with Crippen molar-refractivity contribution in [3.8, 4) is 0 Å². The Bertz CT molecular complexity index is 221. The van der Waals surface area contributed by atoms with Gasteiger partial charge in [-0.05, 0) is 27.7 Å². The van der Waals surface area contributed by atoms with Crippen molar-refractivity contribution >= 4 is 11.9 Å². The Morgan fingerprint density at radius 2 is 1.86 bits per heavy atom. The smallest absolute Gasteiger partial charge is 0.325 e. The average molecular weight is 202 g/mol. The summed E-state index contributed by atoms with van der Waals surface area (Å²) in [5.74, 6) is -1.34. The minimum atomic E-state index is -1.03. The molecule has 14 heavy (non-hydrogen) atoms. The molecule has 0 bridgehead atoms. The number of hydrogen-bond donors (Lipinski definition) is 3. The van der Waals surface area contributed by atoms with Crippen molar-refractivity contribution in [3.05, 3.63) is 0 Å². The van der Waals surface area contributed by atoms with Gasteiger partial charge >= 0.3 is 5.97 Å². The van der Waals surface area contributed by atoms with Gasteiger partial charge in [0.05, 0.1) is 6.54 Å². The third kappa shape index (κ3) is 6.42. The van der Waals surface area contributed by atoms with Gasteiger partial charge in [0.25, 0.3) is 0 Å². The lowest BCUT2D eigenvalue weighted by molar-refractivity contribution is -0.141. The van der Waals surface area contributed by atoms with Crippen molar-refractivity contribution < 1.29 is 14.7 Å². The maximum atomic E-state index is 11.2. The van der Waals surface area contributed by atoms with Gasteiger partial charge < -0.3 is 15.7 Å². The largest absolute Gasteiger partial charge is 0.480 e. The molecule has 0 spiro atoms. The van der Waals surface area contributed by atoms with E-state index in [-0.39, 0.29) is 18.0 Å². The van der Waals surface area contributed by atoms with Gasteiger partial charge in [-0.3, -0.25) is 9.59 Å². The fourth-order valence-corrected chi connectivity index (χ4v) is 0.700. The van der Waals surface area contributed by atoms with Crippen molar-refractivity contribution in [3.63, 3.8) is 0 Å². The zero-order chi connectivity index (χ0) is 11.4.